The first kappa shape index (κ1) is 16.8. The molecule has 0 saturated heterocycles. The number of carbonyl (C=O) groups excluding carboxylic acids is 1. The lowest BCUT2D eigenvalue weighted by molar-refractivity contribution is -0.143. The fraction of sp³-hybridized carbons (Fsp3) is 0.478. The van der Waals surface area contributed by atoms with Gasteiger partial charge in [-0.25, -0.2) is 0 Å². The predicted octanol–water partition coefficient (Wildman–Crippen LogP) is 4.54. The number of hydrogen-bond acceptors (Lipinski definition) is 3. The van der Waals surface area contributed by atoms with Crippen molar-refractivity contribution < 1.29 is 9.90 Å². The van der Waals surface area contributed by atoms with E-state index in [1.165, 1.54) is 19.3 Å². The summed E-state index contributed by atoms with van der Waals surface area (Å²) in [5, 5.41) is 10.5. The van der Waals surface area contributed by atoms with Crippen LogP contribution in [0.1, 0.15) is 44.2 Å². The molecule has 0 atom stereocenters. The topological polar surface area (TPSA) is 53.4 Å². The van der Waals surface area contributed by atoms with Gasteiger partial charge in [-0.1, -0.05) is 18.2 Å². The van der Waals surface area contributed by atoms with Gasteiger partial charge in [0.25, 0.3) is 0 Å². The second kappa shape index (κ2) is 6.36. The van der Waals surface area contributed by atoms with Crippen molar-refractivity contribution in [2.45, 2.75) is 45.1 Å². The highest BCUT2D eigenvalue weighted by atomic mass is 16.3. The van der Waals surface area contributed by atoms with Gasteiger partial charge in [0.05, 0.1) is 23.3 Å². The van der Waals surface area contributed by atoms with E-state index in [2.05, 4.69) is 4.98 Å². The predicted molar refractivity (Wildman–Crippen MR) is 104 cm³/mol. The lowest BCUT2D eigenvalue weighted by Crippen LogP contribution is -2.54. The number of rotatable bonds is 4. The number of amides is 1. The van der Waals surface area contributed by atoms with Gasteiger partial charge in [-0.2, -0.15) is 0 Å². The van der Waals surface area contributed by atoms with Crippen molar-refractivity contribution in [3.05, 3.63) is 54.4 Å². The van der Waals surface area contributed by atoms with Gasteiger partial charge in [-0.15, -0.1) is 0 Å². The summed E-state index contributed by atoms with van der Waals surface area (Å²) < 4.78 is 0. The van der Waals surface area contributed by atoms with Crippen LogP contribution in [-0.2, 0) is 11.3 Å². The van der Waals surface area contributed by atoms with E-state index in [9.17, 15) is 9.90 Å². The number of aromatic hydroxyl groups is 1. The third-order valence-corrected chi connectivity index (χ3v) is 6.96. The maximum absolute atomic E-state index is 13.9. The maximum atomic E-state index is 13.9. The van der Waals surface area contributed by atoms with Gasteiger partial charge in [0, 0.05) is 6.20 Å². The molecular formula is C23H26N2O2. The molecule has 4 heteroatoms. The lowest BCUT2D eigenvalue weighted by Gasteiger charge is -2.56. The molecule has 1 N–H and O–H groups in total. The molecule has 1 aromatic carbocycles. The molecule has 0 spiro atoms. The quantitative estimate of drug-likeness (QED) is 0.869. The molecule has 4 aliphatic rings. The normalized spacial score (nSPS) is 31.0. The van der Waals surface area contributed by atoms with Crippen LogP contribution in [0, 0.1) is 23.2 Å². The van der Waals surface area contributed by atoms with Gasteiger partial charge < -0.3 is 10.0 Å². The Morgan fingerprint density at radius 3 is 2.22 bits per heavy atom. The molecule has 4 saturated carbocycles. The number of anilines is 1. The number of nitrogens with zero attached hydrogens (tertiary/aromatic N) is 2. The number of pyridine rings is 1. The van der Waals surface area contributed by atoms with Crippen LogP contribution >= 0.6 is 0 Å². The van der Waals surface area contributed by atoms with E-state index in [0.717, 1.165) is 25.0 Å². The zero-order chi connectivity index (χ0) is 18.4. The van der Waals surface area contributed by atoms with Crippen LogP contribution in [0.2, 0.25) is 0 Å². The number of hydrogen-bond donors (Lipinski definition) is 1. The Morgan fingerprint density at radius 1 is 1.00 bits per heavy atom. The average molecular weight is 362 g/mol. The van der Waals surface area contributed by atoms with Crippen LogP contribution < -0.4 is 4.90 Å². The number of phenols is 1. The smallest absolute Gasteiger partial charge is 0.233 e. The highest BCUT2D eigenvalue weighted by molar-refractivity contribution is 5.99. The Labute approximate surface area is 160 Å². The van der Waals surface area contributed by atoms with Crippen LogP contribution in [0.4, 0.5) is 5.69 Å². The molecule has 4 nitrogen and oxygen atoms in total. The van der Waals surface area contributed by atoms with Crippen molar-refractivity contribution in [3.63, 3.8) is 0 Å². The van der Waals surface area contributed by atoms with Gasteiger partial charge in [-0.05, 0) is 80.5 Å². The summed E-state index contributed by atoms with van der Waals surface area (Å²) in [5.74, 6) is 2.48. The highest BCUT2D eigenvalue weighted by Gasteiger charge is 2.55. The van der Waals surface area contributed by atoms with E-state index in [1.807, 2.05) is 30.3 Å². The molecule has 0 radical (unpaired) electrons. The molecule has 4 fully saturated rings. The number of para-hydroxylation sites is 2. The molecule has 4 aliphatic carbocycles. The summed E-state index contributed by atoms with van der Waals surface area (Å²) in [5.41, 5.74) is 1.20. The molecule has 0 unspecified atom stereocenters. The summed E-state index contributed by atoms with van der Waals surface area (Å²) in [6, 6.07) is 13.0. The van der Waals surface area contributed by atoms with Crippen LogP contribution in [0.25, 0.3) is 0 Å². The molecule has 4 bridgehead atoms. The summed E-state index contributed by atoms with van der Waals surface area (Å²) in [6.45, 7) is 0.402. The van der Waals surface area contributed by atoms with E-state index in [1.54, 1.807) is 23.2 Å². The van der Waals surface area contributed by atoms with E-state index >= 15 is 0 Å². The molecule has 1 amide bonds. The second-order valence-corrected chi connectivity index (χ2v) is 8.90. The molecule has 140 valence electrons. The van der Waals surface area contributed by atoms with Crippen molar-refractivity contribution in [1.29, 1.82) is 0 Å². The van der Waals surface area contributed by atoms with Gasteiger partial charge in [0.15, 0.2) is 0 Å². The van der Waals surface area contributed by atoms with Crippen molar-refractivity contribution >= 4 is 11.6 Å². The Morgan fingerprint density at radius 2 is 1.63 bits per heavy atom. The summed E-state index contributed by atoms with van der Waals surface area (Å²) in [4.78, 5) is 20.2. The SMILES string of the molecule is O=C(N(Cc1ccccn1)c1ccccc1O)C12CC3CC(CC(C3)C1)C2. The number of phenolic OH excluding ortho intramolecular Hbond substituents is 1. The Bertz CT molecular complexity index is 813. The molecule has 27 heavy (non-hydrogen) atoms. The van der Waals surface area contributed by atoms with Crippen LogP contribution in [-0.4, -0.2) is 16.0 Å². The summed E-state index contributed by atoms with van der Waals surface area (Å²) in [6.07, 6.45) is 8.74. The molecule has 1 aromatic heterocycles. The van der Waals surface area contributed by atoms with E-state index in [0.29, 0.717) is 30.0 Å². The first-order valence-corrected chi connectivity index (χ1v) is 10.1. The second-order valence-electron chi connectivity index (χ2n) is 8.90. The van der Waals surface area contributed by atoms with Crippen LogP contribution in [0.5, 0.6) is 5.75 Å². The zero-order valence-corrected chi connectivity index (χ0v) is 15.6. The number of carbonyl (C=O) groups is 1. The molecule has 2 aromatic rings. The van der Waals surface area contributed by atoms with E-state index in [4.69, 9.17) is 0 Å². The number of benzene rings is 1. The van der Waals surface area contributed by atoms with Gasteiger partial charge in [0.1, 0.15) is 5.75 Å². The Balaban J connectivity index is 1.52. The van der Waals surface area contributed by atoms with E-state index in [-0.39, 0.29) is 17.1 Å². The monoisotopic (exact) mass is 362 g/mol. The van der Waals surface area contributed by atoms with E-state index < -0.39 is 0 Å². The van der Waals surface area contributed by atoms with Crippen molar-refractivity contribution in [2.24, 2.45) is 23.2 Å². The van der Waals surface area contributed by atoms with Crippen molar-refractivity contribution in [1.82, 2.24) is 4.98 Å². The summed E-state index contributed by atoms with van der Waals surface area (Å²) in [7, 11) is 0. The lowest BCUT2D eigenvalue weighted by atomic mass is 9.49. The molecule has 6 rings (SSSR count). The minimum absolute atomic E-state index is 0.159. The molecule has 0 aliphatic heterocycles. The third-order valence-electron chi connectivity index (χ3n) is 6.96. The average Bonchev–Trinajstić information content (AvgIpc) is 2.66. The van der Waals surface area contributed by atoms with Crippen LogP contribution in [0.3, 0.4) is 0 Å². The minimum Gasteiger partial charge on any atom is -0.506 e. The first-order chi connectivity index (χ1) is 13.1. The standard InChI is InChI=1S/C23H26N2O2/c26-21-7-2-1-6-20(21)25(15-19-5-3-4-8-24-19)22(27)23-12-16-9-17(13-23)11-18(10-16)14-23/h1-8,16-18,26H,9-15H2. The molecular weight excluding hydrogens is 336 g/mol. The highest BCUT2D eigenvalue weighted by Crippen LogP contribution is 2.60. The van der Waals surface area contributed by atoms with Gasteiger partial charge in [-0.3, -0.25) is 9.78 Å². The van der Waals surface area contributed by atoms with Crippen molar-refractivity contribution in [2.75, 3.05) is 4.90 Å². The molecule has 1 heterocycles. The van der Waals surface area contributed by atoms with Gasteiger partial charge >= 0.3 is 0 Å². The zero-order valence-electron chi connectivity index (χ0n) is 15.6. The summed E-state index contributed by atoms with van der Waals surface area (Å²) >= 11 is 0. The van der Waals surface area contributed by atoms with Crippen molar-refractivity contribution in [3.8, 4) is 5.75 Å². The van der Waals surface area contributed by atoms with Crippen LogP contribution in [0.15, 0.2) is 48.7 Å². The minimum atomic E-state index is -0.244. The Kier molecular flexibility index (Phi) is 3.96. The fourth-order valence-electron chi connectivity index (χ4n) is 6.27. The first-order valence-electron chi connectivity index (χ1n) is 10.1. The Hall–Kier alpha value is -2.36. The number of aromatic nitrogens is 1. The third kappa shape index (κ3) is 2.91. The van der Waals surface area contributed by atoms with Gasteiger partial charge in [0.2, 0.25) is 5.91 Å². The fourth-order valence-corrected chi connectivity index (χ4v) is 6.27. The largest absolute Gasteiger partial charge is 0.506 e. The maximum Gasteiger partial charge on any atom is 0.233 e.